The Hall–Kier alpha value is -2.77. The second-order valence-electron chi connectivity index (χ2n) is 3.74. The van der Waals surface area contributed by atoms with E-state index in [0.717, 1.165) is 13.2 Å². The second kappa shape index (κ2) is 7.13. The van der Waals surface area contributed by atoms with Gasteiger partial charge in [0, 0.05) is 6.08 Å². The molecule has 0 aliphatic heterocycles. The molecule has 0 heterocycles. The Morgan fingerprint density at radius 1 is 1.10 bits per heavy atom. The van der Waals surface area contributed by atoms with E-state index < -0.39 is 16.6 Å². The van der Waals surface area contributed by atoms with E-state index in [0.29, 0.717) is 22.8 Å². The molecule has 0 N–H and O–H groups in total. The highest BCUT2D eigenvalue weighted by Crippen LogP contribution is 2.38. The number of methoxy groups -OCH3 is 4. The van der Waals surface area contributed by atoms with E-state index in [1.54, 1.807) is 0 Å². The molecule has 0 fully saturated rings. The Bertz CT molecular complexity index is 555. The van der Waals surface area contributed by atoms with E-state index in [4.69, 9.17) is 14.2 Å². The summed E-state index contributed by atoms with van der Waals surface area (Å²) in [7, 11) is 5.33. The van der Waals surface area contributed by atoms with Crippen LogP contribution in [-0.4, -0.2) is 39.3 Å². The minimum Gasteiger partial charge on any atom is -0.493 e. The number of hydrogen-bond acceptors (Lipinski definition) is 7. The molecule has 0 amide bonds. The standard InChI is InChI=1S/C13H15NO7/c1-18-10-6-8(7-11(19-2)12(10)20-3)5-9(14(16)17)13(15)21-4/h5-7H,1-4H3/b9-5+. The van der Waals surface area contributed by atoms with Crippen LogP contribution < -0.4 is 14.2 Å². The Morgan fingerprint density at radius 2 is 1.62 bits per heavy atom. The zero-order valence-corrected chi connectivity index (χ0v) is 12.0. The van der Waals surface area contributed by atoms with Crippen LogP contribution in [0.15, 0.2) is 17.8 Å². The first kappa shape index (κ1) is 16.3. The average molecular weight is 297 g/mol. The molecular formula is C13H15NO7. The number of benzene rings is 1. The van der Waals surface area contributed by atoms with Crippen molar-refractivity contribution in [2.45, 2.75) is 0 Å². The van der Waals surface area contributed by atoms with Gasteiger partial charge in [-0.1, -0.05) is 0 Å². The fourth-order valence-electron chi connectivity index (χ4n) is 1.63. The van der Waals surface area contributed by atoms with Crippen LogP contribution in [0.1, 0.15) is 5.56 Å². The number of carbonyl (C=O) groups excluding carboxylic acids is 1. The largest absolute Gasteiger partial charge is 0.493 e. The van der Waals surface area contributed by atoms with Gasteiger partial charge in [-0.25, -0.2) is 4.79 Å². The Kier molecular flexibility index (Phi) is 5.53. The molecule has 0 atom stereocenters. The molecule has 8 heteroatoms. The molecule has 114 valence electrons. The van der Waals surface area contributed by atoms with Crippen LogP contribution in [-0.2, 0) is 9.53 Å². The molecule has 0 unspecified atom stereocenters. The minimum atomic E-state index is -1.05. The van der Waals surface area contributed by atoms with E-state index in [9.17, 15) is 14.9 Å². The first-order valence-corrected chi connectivity index (χ1v) is 5.72. The highest BCUT2D eigenvalue weighted by atomic mass is 16.6. The molecule has 0 saturated heterocycles. The minimum absolute atomic E-state index is 0.315. The summed E-state index contributed by atoms with van der Waals surface area (Å²) in [6.45, 7) is 0. The number of hydrogen-bond donors (Lipinski definition) is 0. The van der Waals surface area contributed by atoms with Gasteiger partial charge in [0.1, 0.15) is 0 Å². The van der Waals surface area contributed by atoms with Gasteiger partial charge in [-0.05, 0) is 17.7 Å². The van der Waals surface area contributed by atoms with Crippen molar-refractivity contribution in [3.63, 3.8) is 0 Å². The first-order chi connectivity index (χ1) is 9.98. The molecule has 1 aromatic carbocycles. The summed E-state index contributed by atoms with van der Waals surface area (Å²) in [6, 6.07) is 2.96. The number of nitro groups is 1. The normalized spacial score (nSPS) is 10.8. The zero-order valence-electron chi connectivity index (χ0n) is 12.0. The van der Waals surface area contributed by atoms with Crippen molar-refractivity contribution in [3.8, 4) is 17.2 Å². The fraction of sp³-hybridized carbons (Fsp3) is 0.308. The van der Waals surface area contributed by atoms with Crippen molar-refractivity contribution in [2.24, 2.45) is 0 Å². The topological polar surface area (TPSA) is 97.1 Å². The molecule has 8 nitrogen and oxygen atoms in total. The summed E-state index contributed by atoms with van der Waals surface area (Å²) in [6.07, 6.45) is 1.07. The van der Waals surface area contributed by atoms with Crippen molar-refractivity contribution in [1.29, 1.82) is 0 Å². The van der Waals surface area contributed by atoms with Gasteiger partial charge in [-0.3, -0.25) is 10.1 Å². The Balaban J connectivity index is 3.42. The van der Waals surface area contributed by atoms with Gasteiger partial charge >= 0.3 is 11.7 Å². The van der Waals surface area contributed by atoms with Crippen molar-refractivity contribution in [2.75, 3.05) is 28.4 Å². The zero-order chi connectivity index (χ0) is 16.0. The molecule has 0 aliphatic rings. The van der Waals surface area contributed by atoms with Gasteiger partial charge in [0.15, 0.2) is 11.5 Å². The van der Waals surface area contributed by atoms with E-state index in [-0.39, 0.29) is 0 Å². The van der Waals surface area contributed by atoms with Crippen molar-refractivity contribution in [3.05, 3.63) is 33.5 Å². The van der Waals surface area contributed by atoms with Crippen LogP contribution in [0.4, 0.5) is 0 Å². The van der Waals surface area contributed by atoms with E-state index >= 15 is 0 Å². The lowest BCUT2D eigenvalue weighted by Crippen LogP contribution is -2.12. The van der Waals surface area contributed by atoms with Crippen LogP contribution in [0.25, 0.3) is 6.08 Å². The summed E-state index contributed by atoms with van der Waals surface area (Å²) >= 11 is 0. The number of ether oxygens (including phenoxy) is 4. The molecule has 0 aliphatic carbocycles. The fourth-order valence-corrected chi connectivity index (χ4v) is 1.63. The molecular weight excluding hydrogens is 282 g/mol. The number of rotatable bonds is 6. The maximum absolute atomic E-state index is 11.4. The predicted molar refractivity (Wildman–Crippen MR) is 73.1 cm³/mol. The first-order valence-electron chi connectivity index (χ1n) is 5.72. The number of nitrogens with zero attached hydrogens (tertiary/aromatic N) is 1. The Labute approximate surface area is 121 Å². The summed E-state index contributed by atoms with van der Waals surface area (Å²) in [5.41, 5.74) is -0.367. The van der Waals surface area contributed by atoms with Gasteiger partial charge in [0.25, 0.3) is 0 Å². The van der Waals surface area contributed by atoms with Gasteiger partial charge < -0.3 is 18.9 Å². The van der Waals surface area contributed by atoms with E-state index in [1.807, 2.05) is 0 Å². The van der Waals surface area contributed by atoms with Crippen molar-refractivity contribution in [1.82, 2.24) is 0 Å². The predicted octanol–water partition coefficient (Wildman–Crippen LogP) is 1.50. The third-order valence-corrected chi connectivity index (χ3v) is 2.58. The average Bonchev–Trinajstić information content (AvgIpc) is 2.50. The van der Waals surface area contributed by atoms with Crippen LogP contribution in [0.2, 0.25) is 0 Å². The van der Waals surface area contributed by atoms with E-state index in [2.05, 4.69) is 4.74 Å². The lowest BCUT2D eigenvalue weighted by Gasteiger charge is -2.12. The molecule has 1 rings (SSSR count). The van der Waals surface area contributed by atoms with Crippen molar-refractivity contribution < 1.29 is 28.7 Å². The monoisotopic (exact) mass is 297 g/mol. The van der Waals surface area contributed by atoms with Gasteiger partial charge in [-0.2, -0.15) is 0 Å². The second-order valence-corrected chi connectivity index (χ2v) is 3.74. The molecule has 21 heavy (non-hydrogen) atoms. The molecule has 0 aromatic heterocycles. The molecule has 0 spiro atoms. The molecule has 0 bridgehead atoms. The Morgan fingerprint density at radius 3 is 1.95 bits per heavy atom. The van der Waals surface area contributed by atoms with Crippen LogP contribution in [0.3, 0.4) is 0 Å². The lowest BCUT2D eigenvalue weighted by atomic mass is 10.1. The third-order valence-electron chi connectivity index (χ3n) is 2.58. The highest BCUT2D eigenvalue weighted by Gasteiger charge is 2.23. The maximum atomic E-state index is 11.4. The van der Waals surface area contributed by atoms with Crippen LogP contribution in [0.5, 0.6) is 17.2 Å². The summed E-state index contributed by atoms with van der Waals surface area (Å²) in [5.74, 6) is -0.0713. The molecule has 0 radical (unpaired) electrons. The SMILES string of the molecule is COC(=O)/C(=C\c1cc(OC)c(OC)c(OC)c1)[N+](=O)[O-]. The highest BCUT2D eigenvalue weighted by molar-refractivity contribution is 5.91. The quantitative estimate of drug-likeness (QED) is 0.339. The molecule has 0 saturated carbocycles. The number of carbonyl (C=O) groups is 1. The van der Waals surface area contributed by atoms with Gasteiger partial charge in [0.2, 0.25) is 5.75 Å². The maximum Gasteiger partial charge on any atom is 0.409 e. The summed E-state index contributed by atoms with van der Waals surface area (Å²) in [4.78, 5) is 21.4. The summed E-state index contributed by atoms with van der Waals surface area (Å²) < 4.78 is 19.8. The van der Waals surface area contributed by atoms with E-state index in [1.165, 1.54) is 33.5 Å². The van der Waals surface area contributed by atoms with Gasteiger partial charge in [0.05, 0.1) is 33.4 Å². The number of esters is 1. The van der Waals surface area contributed by atoms with Crippen LogP contribution >= 0.6 is 0 Å². The smallest absolute Gasteiger partial charge is 0.409 e. The van der Waals surface area contributed by atoms with Gasteiger partial charge in [-0.15, -0.1) is 0 Å². The third kappa shape index (κ3) is 3.62. The van der Waals surface area contributed by atoms with Crippen LogP contribution in [0, 0.1) is 10.1 Å². The lowest BCUT2D eigenvalue weighted by molar-refractivity contribution is -0.419. The summed E-state index contributed by atoms with van der Waals surface area (Å²) in [5, 5.41) is 10.9. The molecule has 1 aromatic rings. The van der Waals surface area contributed by atoms with Crippen molar-refractivity contribution >= 4 is 12.0 Å².